The Hall–Kier alpha value is -1.84. The van der Waals surface area contributed by atoms with Crippen molar-refractivity contribution in [1.82, 2.24) is 0 Å². The summed E-state index contributed by atoms with van der Waals surface area (Å²) in [5.74, 6) is 0. The molecule has 0 fully saturated rings. The molecule has 1 aromatic rings. The highest BCUT2D eigenvalue weighted by Crippen LogP contribution is 2.15. The van der Waals surface area contributed by atoms with E-state index in [1.807, 2.05) is 12.1 Å². The van der Waals surface area contributed by atoms with Gasteiger partial charge in [-0.3, -0.25) is 0 Å². The van der Waals surface area contributed by atoms with Gasteiger partial charge < -0.3 is 5.73 Å². The van der Waals surface area contributed by atoms with Gasteiger partial charge in [-0.05, 0) is 30.2 Å². The molecule has 0 atom stereocenters. The molecule has 0 aliphatic carbocycles. The molecule has 1 rings (SSSR count). The van der Waals surface area contributed by atoms with E-state index in [0.29, 0.717) is 17.7 Å². The van der Waals surface area contributed by atoms with Crippen LogP contribution < -0.4 is 5.73 Å². The molecular formula is C10H9N3. The van der Waals surface area contributed by atoms with E-state index in [0.717, 1.165) is 11.1 Å². The zero-order valence-electron chi connectivity index (χ0n) is 7.33. The minimum Gasteiger partial charge on any atom is -0.326 e. The zero-order chi connectivity index (χ0) is 9.84. The minimum absolute atomic E-state index is 0.351. The molecule has 0 aliphatic heterocycles. The molecule has 2 N–H and O–H groups in total. The van der Waals surface area contributed by atoms with Crippen molar-refractivity contribution in [2.75, 3.05) is 0 Å². The lowest BCUT2D eigenvalue weighted by Gasteiger charge is -2.03. The summed E-state index contributed by atoms with van der Waals surface area (Å²) in [7, 11) is 0. The average Bonchev–Trinajstić information content (AvgIpc) is 2.18. The van der Waals surface area contributed by atoms with Crippen LogP contribution in [0.2, 0.25) is 0 Å². The molecule has 0 unspecified atom stereocenters. The third-order valence-electron chi connectivity index (χ3n) is 1.94. The summed E-state index contributed by atoms with van der Waals surface area (Å²) in [6.45, 7) is 2.11. The molecule has 3 nitrogen and oxygen atoms in total. The van der Waals surface area contributed by atoms with Crippen LogP contribution >= 0.6 is 0 Å². The summed E-state index contributed by atoms with van der Waals surface area (Å²) in [4.78, 5) is 0. The fourth-order valence-corrected chi connectivity index (χ4v) is 1.12. The summed E-state index contributed by atoms with van der Waals surface area (Å²) in [5.41, 5.74) is 8.03. The van der Waals surface area contributed by atoms with Gasteiger partial charge in [0.25, 0.3) is 0 Å². The maximum absolute atomic E-state index is 8.76. The highest BCUT2D eigenvalue weighted by molar-refractivity contribution is 5.49. The van der Waals surface area contributed by atoms with Crippen molar-refractivity contribution in [2.45, 2.75) is 13.5 Å². The van der Waals surface area contributed by atoms with E-state index >= 15 is 0 Å². The lowest BCUT2D eigenvalue weighted by molar-refractivity contribution is 1.06. The fraction of sp³-hybridized carbons (Fsp3) is 0.200. The van der Waals surface area contributed by atoms with Gasteiger partial charge in [0.2, 0.25) is 0 Å². The maximum atomic E-state index is 8.76. The quantitative estimate of drug-likeness (QED) is 0.689. The maximum Gasteiger partial charge on any atom is 0.0994 e. The molecule has 0 amide bonds. The molecule has 3 heteroatoms. The zero-order valence-corrected chi connectivity index (χ0v) is 7.33. The smallest absolute Gasteiger partial charge is 0.0994 e. The van der Waals surface area contributed by atoms with Gasteiger partial charge in [-0.1, -0.05) is 0 Å². The Bertz CT molecular complexity index is 372. The molecule has 0 aromatic heterocycles. The van der Waals surface area contributed by atoms with Crippen LogP contribution in [0.25, 0.3) is 0 Å². The Labute approximate surface area is 77.0 Å². The lowest BCUT2D eigenvalue weighted by Crippen LogP contribution is -1.99. The molecule has 1 aromatic carbocycles. The van der Waals surface area contributed by atoms with Gasteiger partial charge in [-0.2, -0.15) is 10.5 Å². The van der Waals surface area contributed by atoms with Crippen molar-refractivity contribution in [3.63, 3.8) is 0 Å². The molecule has 0 saturated carbocycles. The van der Waals surface area contributed by atoms with Crippen molar-refractivity contribution in [3.05, 3.63) is 34.4 Å². The topological polar surface area (TPSA) is 73.6 Å². The van der Waals surface area contributed by atoms with Crippen LogP contribution in [0.3, 0.4) is 0 Å². The Morgan fingerprint density at radius 1 is 1.23 bits per heavy atom. The first kappa shape index (κ1) is 9.25. The monoisotopic (exact) mass is 171 g/mol. The van der Waals surface area contributed by atoms with Crippen molar-refractivity contribution in [1.29, 1.82) is 10.5 Å². The van der Waals surface area contributed by atoms with Crippen molar-refractivity contribution < 1.29 is 0 Å². The molecule has 0 heterocycles. The SMILES string of the molecule is Cc1c(C#N)cc(CN)cc1C#N. The van der Waals surface area contributed by atoms with Gasteiger partial charge in [0, 0.05) is 6.54 Å². The second-order valence-electron chi connectivity index (χ2n) is 2.74. The van der Waals surface area contributed by atoms with Crippen LogP contribution in [-0.4, -0.2) is 0 Å². The first-order chi connectivity index (χ1) is 6.22. The van der Waals surface area contributed by atoms with Gasteiger partial charge in [-0.15, -0.1) is 0 Å². The van der Waals surface area contributed by atoms with Crippen LogP contribution in [0.4, 0.5) is 0 Å². The Morgan fingerprint density at radius 3 is 2.00 bits per heavy atom. The normalized spacial score (nSPS) is 8.92. The van der Waals surface area contributed by atoms with Crippen LogP contribution in [0.5, 0.6) is 0 Å². The fourth-order valence-electron chi connectivity index (χ4n) is 1.12. The van der Waals surface area contributed by atoms with Crippen molar-refractivity contribution in [2.24, 2.45) is 5.73 Å². The van der Waals surface area contributed by atoms with Gasteiger partial charge in [0.1, 0.15) is 0 Å². The summed E-state index contributed by atoms with van der Waals surface area (Å²) in [6, 6.07) is 7.51. The average molecular weight is 171 g/mol. The Kier molecular flexibility index (Phi) is 2.64. The second-order valence-corrected chi connectivity index (χ2v) is 2.74. The lowest BCUT2D eigenvalue weighted by atomic mass is 10.0. The van der Waals surface area contributed by atoms with Gasteiger partial charge in [-0.25, -0.2) is 0 Å². The van der Waals surface area contributed by atoms with Crippen molar-refractivity contribution >= 4 is 0 Å². The summed E-state index contributed by atoms with van der Waals surface area (Å²) in [6.07, 6.45) is 0. The summed E-state index contributed by atoms with van der Waals surface area (Å²) in [5, 5.41) is 17.5. The van der Waals surface area contributed by atoms with E-state index in [1.54, 1.807) is 19.1 Å². The molecule has 0 aliphatic rings. The standard InChI is InChI=1S/C10H9N3/c1-7-9(5-12)2-8(4-11)3-10(7)6-13/h2-3H,4,11H2,1H3. The first-order valence-electron chi connectivity index (χ1n) is 3.86. The van der Waals surface area contributed by atoms with Crippen LogP contribution in [0.15, 0.2) is 12.1 Å². The minimum atomic E-state index is 0.351. The largest absolute Gasteiger partial charge is 0.326 e. The number of hydrogen-bond donors (Lipinski definition) is 1. The van der Waals surface area contributed by atoms with Gasteiger partial charge in [0.15, 0.2) is 0 Å². The number of nitriles is 2. The Morgan fingerprint density at radius 2 is 1.69 bits per heavy atom. The van der Waals surface area contributed by atoms with Gasteiger partial charge in [0.05, 0.1) is 23.3 Å². The molecule has 64 valence electrons. The van der Waals surface area contributed by atoms with E-state index in [1.165, 1.54) is 0 Å². The predicted octanol–water partition coefficient (Wildman–Crippen LogP) is 1.20. The molecule has 0 spiro atoms. The van der Waals surface area contributed by atoms with Crippen LogP contribution in [-0.2, 0) is 6.54 Å². The van der Waals surface area contributed by atoms with E-state index in [2.05, 4.69) is 0 Å². The van der Waals surface area contributed by atoms with Gasteiger partial charge >= 0.3 is 0 Å². The molecule has 0 saturated heterocycles. The highest BCUT2D eigenvalue weighted by atomic mass is 14.5. The number of nitrogens with zero attached hydrogens (tertiary/aromatic N) is 2. The number of hydrogen-bond acceptors (Lipinski definition) is 3. The third-order valence-corrected chi connectivity index (χ3v) is 1.94. The third kappa shape index (κ3) is 1.66. The Balaban J connectivity index is 3.42. The van der Waals surface area contributed by atoms with E-state index < -0.39 is 0 Å². The molecule has 13 heavy (non-hydrogen) atoms. The van der Waals surface area contributed by atoms with E-state index in [4.69, 9.17) is 16.3 Å². The molecule has 0 radical (unpaired) electrons. The second kappa shape index (κ2) is 3.71. The predicted molar refractivity (Wildman–Crippen MR) is 48.5 cm³/mol. The van der Waals surface area contributed by atoms with E-state index in [-0.39, 0.29) is 0 Å². The number of rotatable bonds is 1. The number of benzene rings is 1. The first-order valence-corrected chi connectivity index (χ1v) is 3.86. The summed E-state index contributed by atoms with van der Waals surface area (Å²) < 4.78 is 0. The molecule has 0 bridgehead atoms. The van der Waals surface area contributed by atoms with Crippen LogP contribution in [0, 0.1) is 29.6 Å². The highest BCUT2D eigenvalue weighted by Gasteiger charge is 2.05. The van der Waals surface area contributed by atoms with Crippen molar-refractivity contribution in [3.8, 4) is 12.1 Å². The number of nitrogens with two attached hydrogens (primary N) is 1. The summed E-state index contributed by atoms with van der Waals surface area (Å²) >= 11 is 0. The molecular weight excluding hydrogens is 162 g/mol. The van der Waals surface area contributed by atoms with E-state index in [9.17, 15) is 0 Å². The van der Waals surface area contributed by atoms with Crippen LogP contribution in [0.1, 0.15) is 22.3 Å².